The van der Waals surface area contributed by atoms with E-state index in [1.165, 1.54) is 19.2 Å². The number of hydrogen-bond donors (Lipinski definition) is 2. The topological polar surface area (TPSA) is 84.9 Å². The van der Waals surface area contributed by atoms with Gasteiger partial charge in [-0.3, -0.25) is 4.79 Å². The van der Waals surface area contributed by atoms with Gasteiger partial charge in [0.05, 0.1) is 12.2 Å². The van der Waals surface area contributed by atoms with Crippen molar-refractivity contribution in [3.8, 4) is 0 Å². The van der Waals surface area contributed by atoms with E-state index in [4.69, 9.17) is 14.6 Å². The Morgan fingerprint density at radius 2 is 1.91 bits per heavy atom. The Kier molecular flexibility index (Phi) is 7.71. The molecule has 0 aliphatic rings. The Bertz CT molecular complexity index is 542. The Labute approximate surface area is 136 Å². The molecule has 2 N–H and O–H groups in total. The van der Waals surface area contributed by atoms with Crippen molar-refractivity contribution in [1.29, 1.82) is 0 Å². The minimum atomic E-state index is -1.06. The molecule has 23 heavy (non-hydrogen) atoms. The number of aromatic carboxylic acids is 1. The van der Waals surface area contributed by atoms with Crippen LogP contribution in [0.4, 0.5) is 5.69 Å². The molecule has 0 bridgehead atoms. The van der Waals surface area contributed by atoms with Gasteiger partial charge in [0, 0.05) is 19.4 Å². The molecule has 0 heterocycles. The molecule has 1 unspecified atom stereocenters. The second-order valence-electron chi connectivity index (χ2n) is 5.84. The lowest BCUT2D eigenvalue weighted by Gasteiger charge is -2.15. The number of carboxylic acids is 1. The monoisotopic (exact) mass is 323 g/mol. The van der Waals surface area contributed by atoms with Gasteiger partial charge in [0.15, 0.2) is 0 Å². The zero-order chi connectivity index (χ0) is 17.4. The normalized spacial score (nSPS) is 12.2. The fourth-order valence-corrected chi connectivity index (χ4v) is 1.94. The summed E-state index contributed by atoms with van der Waals surface area (Å²) in [6.07, 6.45) is 0.275. The number of anilines is 1. The number of nitrogens with one attached hydrogen (secondary N) is 1. The average Bonchev–Trinajstić information content (AvgIpc) is 2.46. The number of carboxylic acid groups (broad SMARTS) is 1. The van der Waals surface area contributed by atoms with E-state index in [9.17, 15) is 9.59 Å². The quantitative estimate of drug-likeness (QED) is 0.730. The lowest BCUT2D eigenvalue weighted by molar-refractivity contribution is -0.126. The van der Waals surface area contributed by atoms with E-state index < -0.39 is 12.1 Å². The molecule has 0 aliphatic heterocycles. The summed E-state index contributed by atoms with van der Waals surface area (Å²) in [4.78, 5) is 23.3. The minimum absolute atomic E-state index is 0.100. The van der Waals surface area contributed by atoms with Crippen molar-refractivity contribution in [1.82, 2.24) is 0 Å². The molecule has 6 nitrogen and oxygen atoms in total. The first-order chi connectivity index (χ1) is 10.8. The molecular weight excluding hydrogens is 298 g/mol. The van der Waals surface area contributed by atoms with Crippen molar-refractivity contribution >= 4 is 17.6 Å². The number of carbonyl (C=O) groups is 2. The molecule has 0 radical (unpaired) electrons. The standard InChI is InChI=1S/C17H25NO5/c1-11(2)5-6-23-12(3)16(19)18-15-8-13(10-22-4)7-14(9-15)17(20)21/h7-9,11-12H,5-6,10H2,1-4H3,(H,18,19)(H,20,21). The van der Waals surface area contributed by atoms with Crippen LogP contribution in [0, 0.1) is 5.92 Å². The van der Waals surface area contributed by atoms with Crippen molar-refractivity contribution in [3.05, 3.63) is 29.3 Å². The van der Waals surface area contributed by atoms with Gasteiger partial charge in [-0.2, -0.15) is 0 Å². The molecule has 6 heteroatoms. The van der Waals surface area contributed by atoms with E-state index in [1.807, 2.05) is 0 Å². The first kappa shape index (κ1) is 19.1. The summed E-state index contributed by atoms with van der Waals surface area (Å²) in [5.41, 5.74) is 1.19. The zero-order valence-corrected chi connectivity index (χ0v) is 14.1. The van der Waals surface area contributed by atoms with Gasteiger partial charge in [-0.25, -0.2) is 4.79 Å². The molecule has 1 aromatic carbocycles. The van der Waals surface area contributed by atoms with Crippen molar-refractivity contribution < 1.29 is 24.2 Å². The van der Waals surface area contributed by atoms with E-state index >= 15 is 0 Å². The number of benzene rings is 1. The molecule has 1 aromatic rings. The summed E-state index contributed by atoms with van der Waals surface area (Å²) < 4.78 is 10.5. The number of hydrogen-bond acceptors (Lipinski definition) is 4. The van der Waals surface area contributed by atoms with Crippen LogP contribution in [0.25, 0.3) is 0 Å². The molecule has 1 rings (SSSR count). The van der Waals surface area contributed by atoms with E-state index in [2.05, 4.69) is 19.2 Å². The molecule has 0 aliphatic carbocycles. The Morgan fingerprint density at radius 1 is 1.22 bits per heavy atom. The highest BCUT2D eigenvalue weighted by Gasteiger charge is 2.15. The third-order valence-corrected chi connectivity index (χ3v) is 3.25. The van der Waals surface area contributed by atoms with Gasteiger partial charge in [-0.1, -0.05) is 13.8 Å². The van der Waals surface area contributed by atoms with Crippen LogP contribution in [0.2, 0.25) is 0 Å². The van der Waals surface area contributed by atoms with Gasteiger partial charge < -0.3 is 19.9 Å². The zero-order valence-electron chi connectivity index (χ0n) is 14.1. The van der Waals surface area contributed by atoms with Crippen molar-refractivity contribution in [3.63, 3.8) is 0 Å². The van der Waals surface area contributed by atoms with Crippen LogP contribution in [0.3, 0.4) is 0 Å². The summed E-state index contributed by atoms with van der Waals surface area (Å²) >= 11 is 0. The van der Waals surface area contributed by atoms with Crippen LogP contribution in [0.1, 0.15) is 43.1 Å². The number of carbonyl (C=O) groups excluding carboxylic acids is 1. The van der Waals surface area contributed by atoms with Gasteiger partial charge >= 0.3 is 5.97 Å². The molecule has 0 saturated heterocycles. The summed E-state index contributed by atoms with van der Waals surface area (Å²) in [6.45, 7) is 6.62. The number of amides is 1. The van der Waals surface area contributed by atoms with Gasteiger partial charge in [-0.15, -0.1) is 0 Å². The van der Waals surface area contributed by atoms with E-state index in [0.29, 0.717) is 23.8 Å². The van der Waals surface area contributed by atoms with E-state index in [-0.39, 0.29) is 18.1 Å². The maximum absolute atomic E-state index is 12.1. The molecule has 0 saturated carbocycles. The third kappa shape index (κ3) is 6.80. The Balaban J connectivity index is 2.74. The van der Waals surface area contributed by atoms with Crippen molar-refractivity contribution in [2.75, 3.05) is 19.0 Å². The second-order valence-corrected chi connectivity index (χ2v) is 5.84. The van der Waals surface area contributed by atoms with Gasteiger partial charge in [0.25, 0.3) is 5.91 Å². The first-order valence-electron chi connectivity index (χ1n) is 7.62. The highest BCUT2D eigenvalue weighted by atomic mass is 16.5. The van der Waals surface area contributed by atoms with E-state index in [0.717, 1.165) is 6.42 Å². The Morgan fingerprint density at radius 3 is 2.48 bits per heavy atom. The van der Waals surface area contributed by atoms with Gasteiger partial charge in [0.1, 0.15) is 6.10 Å². The lowest BCUT2D eigenvalue weighted by atomic mass is 10.1. The van der Waals surface area contributed by atoms with Crippen LogP contribution < -0.4 is 5.32 Å². The summed E-state index contributed by atoms with van der Waals surface area (Å²) in [6, 6.07) is 4.62. The predicted molar refractivity (Wildman–Crippen MR) is 87.6 cm³/mol. The Hall–Kier alpha value is -1.92. The van der Waals surface area contributed by atoms with Gasteiger partial charge in [-0.05, 0) is 43.0 Å². The number of ether oxygens (including phenoxy) is 2. The first-order valence-corrected chi connectivity index (χ1v) is 7.62. The van der Waals surface area contributed by atoms with E-state index in [1.54, 1.807) is 13.0 Å². The molecular formula is C17H25NO5. The highest BCUT2D eigenvalue weighted by Crippen LogP contribution is 2.17. The predicted octanol–water partition coefficient (Wildman–Crippen LogP) is 2.92. The van der Waals surface area contributed by atoms with Crippen LogP contribution in [0.15, 0.2) is 18.2 Å². The molecule has 0 spiro atoms. The number of methoxy groups -OCH3 is 1. The summed E-state index contributed by atoms with van der Waals surface area (Å²) in [7, 11) is 1.52. The lowest BCUT2D eigenvalue weighted by Crippen LogP contribution is -2.28. The summed E-state index contributed by atoms with van der Waals surface area (Å²) in [5.74, 6) is -0.853. The molecule has 0 fully saturated rings. The molecule has 1 amide bonds. The van der Waals surface area contributed by atoms with Crippen molar-refractivity contribution in [2.45, 2.75) is 39.9 Å². The summed E-state index contributed by atoms with van der Waals surface area (Å²) in [5, 5.41) is 11.8. The number of rotatable bonds is 9. The molecule has 128 valence electrons. The average molecular weight is 323 g/mol. The molecule has 1 atom stereocenters. The third-order valence-electron chi connectivity index (χ3n) is 3.25. The van der Waals surface area contributed by atoms with Crippen LogP contribution >= 0.6 is 0 Å². The molecule has 0 aromatic heterocycles. The second kappa shape index (κ2) is 9.27. The maximum Gasteiger partial charge on any atom is 0.335 e. The van der Waals surface area contributed by atoms with Crippen LogP contribution in [-0.2, 0) is 20.9 Å². The highest BCUT2D eigenvalue weighted by molar-refractivity contribution is 5.96. The maximum atomic E-state index is 12.1. The smallest absolute Gasteiger partial charge is 0.335 e. The van der Waals surface area contributed by atoms with Crippen LogP contribution in [-0.4, -0.2) is 36.8 Å². The fraction of sp³-hybridized carbons (Fsp3) is 0.529. The van der Waals surface area contributed by atoms with Gasteiger partial charge in [0.2, 0.25) is 0 Å². The fourth-order valence-electron chi connectivity index (χ4n) is 1.94. The SMILES string of the molecule is COCc1cc(NC(=O)C(C)OCCC(C)C)cc(C(=O)O)c1. The minimum Gasteiger partial charge on any atom is -0.478 e. The largest absolute Gasteiger partial charge is 0.478 e. The van der Waals surface area contributed by atoms with Crippen LogP contribution in [0.5, 0.6) is 0 Å². The van der Waals surface area contributed by atoms with Crippen molar-refractivity contribution in [2.24, 2.45) is 5.92 Å².